The van der Waals surface area contributed by atoms with Crippen molar-refractivity contribution in [3.8, 4) is 0 Å². The molecule has 9 heteroatoms. The lowest BCUT2D eigenvalue weighted by Crippen LogP contribution is -2.43. The van der Waals surface area contributed by atoms with Crippen molar-refractivity contribution in [3.63, 3.8) is 0 Å². The second-order valence-corrected chi connectivity index (χ2v) is 7.65. The number of amides is 3. The number of aromatic nitrogens is 1. The third-order valence-corrected chi connectivity index (χ3v) is 4.90. The van der Waals surface area contributed by atoms with Crippen LogP contribution in [-0.2, 0) is 21.4 Å². The van der Waals surface area contributed by atoms with E-state index in [-0.39, 0.29) is 0 Å². The van der Waals surface area contributed by atoms with E-state index in [0.29, 0.717) is 23.4 Å². The number of carbonyl (C=O) groups is 4. The maximum Gasteiger partial charge on any atom is 0.329 e. The first-order valence-corrected chi connectivity index (χ1v) is 10.7. The van der Waals surface area contributed by atoms with Crippen molar-refractivity contribution in [3.05, 3.63) is 59.4 Å². The van der Waals surface area contributed by atoms with Gasteiger partial charge in [0, 0.05) is 18.8 Å². The molecular formula is C21H25N3O5S. The molecule has 1 heterocycles. The van der Waals surface area contributed by atoms with Gasteiger partial charge in [-0.1, -0.05) is 17.7 Å². The molecule has 0 unspecified atom stereocenters. The SMILES string of the molecule is CSCC[C@@H](NC(=O)c1cccc(C)c1)C(=O)OCC(=O)NC(=O)c1cccn1C. The van der Waals surface area contributed by atoms with Gasteiger partial charge in [-0.2, -0.15) is 11.8 Å². The number of ether oxygens (including phenoxy) is 1. The van der Waals surface area contributed by atoms with E-state index in [1.54, 1.807) is 48.1 Å². The van der Waals surface area contributed by atoms with E-state index in [4.69, 9.17) is 4.74 Å². The summed E-state index contributed by atoms with van der Waals surface area (Å²) in [4.78, 5) is 48.9. The van der Waals surface area contributed by atoms with Crippen molar-refractivity contribution in [2.45, 2.75) is 19.4 Å². The molecule has 2 N–H and O–H groups in total. The van der Waals surface area contributed by atoms with Crippen molar-refractivity contribution in [2.75, 3.05) is 18.6 Å². The zero-order valence-electron chi connectivity index (χ0n) is 17.1. The fourth-order valence-corrected chi connectivity index (χ4v) is 3.14. The molecule has 0 aliphatic heterocycles. The van der Waals surface area contributed by atoms with Gasteiger partial charge in [-0.15, -0.1) is 0 Å². The molecule has 0 fully saturated rings. The lowest BCUT2D eigenvalue weighted by atomic mass is 10.1. The van der Waals surface area contributed by atoms with Crippen molar-refractivity contribution in [1.82, 2.24) is 15.2 Å². The molecule has 0 radical (unpaired) electrons. The van der Waals surface area contributed by atoms with Crippen LogP contribution in [-0.4, -0.2) is 52.9 Å². The zero-order chi connectivity index (χ0) is 22.1. The van der Waals surface area contributed by atoms with Gasteiger partial charge in [0.25, 0.3) is 17.7 Å². The van der Waals surface area contributed by atoms with Crippen LogP contribution >= 0.6 is 11.8 Å². The molecule has 160 valence electrons. The summed E-state index contributed by atoms with van der Waals surface area (Å²) in [7, 11) is 1.67. The molecule has 1 aromatic heterocycles. The Balaban J connectivity index is 1.92. The fraction of sp³-hybridized carbons (Fsp3) is 0.333. The molecule has 2 rings (SSSR count). The minimum atomic E-state index is -0.901. The number of esters is 1. The normalized spacial score (nSPS) is 11.4. The van der Waals surface area contributed by atoms with Gasteiger partial charge in [0.1, 0.15) is 11.7 Å². The van der Waals surface area contributed by atoms with Crippen molar-refractivity contribution in [1.29, 1.82) is 0 Å². The molecule has 8 nitrogen and oxygen atoms in total. The van der Waals surface area contributed by atoms with Gasteiger partial charge in [-0.25, -0.2) is 4.79 Å². The van der Waals surface area contributed by atoms with Crippen LogP contribution in [0.15, 0.2) is 42.6 Å². The second-order valence-electron chi connectivity index (χ2n) is 6.67. The summed E-state index contributed by atoms with van der Waals surface area (Å²) in [5, 5.41) is 4.83. The lowest BCUT2D eigenvalue weighted by Gasteiger charge is -2.17. The predicted octanol–water partition coefficient (Wildman–Crippen LogP) is 1.68. The van der Waals surface area contributed by atoms with Crippen molar-refractivity contribution < 1.29 is 23.9 Å². The summed E-state index contributed by atoms with van der Waals surface area (Å²) in [6.45, 7) is 1.25. The molecule has 2 aromatic rings. The summed E-state index contributed by atoms with van der Waals surface area (Å²) in [5.41, 5.74) is 1.66. The highest BCUT2D eigenvalue weighted by molar-refractivity contribution is 7.98. The van der Waals surface area contributed by atoms with E-state index >= 15 is 0 Å². The number of nitrogens with zero attached hydrogens (tertiary/aromatic N) is 1. The Morgan fingerprint density at radius 3 is 2.53 bits per heavy atom. The van der Waals surface area contributed by atoms with Crippen molar-refractivity contribution >= 4 is 35.5 Å². The second kappa shape index (κ2) is 11.2. The maximum atomic E-state index is 12.5. The Hall–Kier alpha value is -3.07. The summed E-state index contributed by atoms with van der Waals surface area (Å²) in [6.07, 6.45) is 3.90. The van der Waals surface area contributed by atoms with Gasteiger partial charge in [0.15, 0.2) is 6.61 Å². The van der Waals surface area contributed by atoms with Crippen LogP contribution in [0.4, 0.5) is 0 Å². The molecule has 30 heavy (non-hydrogen) atoms. The highest BCUT2D eigenvalue weighted by atomic mass is 32.2. The van der Waals surface area contributed by atoms with E-state index in [1.165, 1.54) is 11.8 Å². The van der Waals surface area contributed by atoms with E-state index < -0.39 is 36.3 Å². The summed E-state index contributed by atoms with van der Waals surface area (Å²) < 4.78 is 6.60. The minimum Gasteiger partial charge on any atom is -0.454 e. The Kier molecular flexibility index (Phi) is 8.67. The number of thioether (sulfide) groups is 1. The molecule has 0 spiro atoms. The third kappa shape index (κ3) is 6.77. The van der Waals surface area contributed by atoms with Gasteiger partial charge in [0.05, 0.1) is 0 Å². The minimum absolute atomic E-state index is 0.304. The highest BCUT2D eigenvalue weighted by Crippen LogP contribution is 2.08. The van der Waals surface area contributed by atoms with Crippen LogP contribution in [0.3, 0.4) is 0 Å². The molecule has 0 saturated heterocycles. The molecule has 3 amide bonds. The summed E-state index contributed by atoms with van der Waals surface area (Å²) >= 11 is 1.52. The number of carbonyl (C=O) groups excluding carboxylic acids is 4. The van der Waals surface area contributed by atoms with Crippen LogP contribution in [0.25, 0.3) is 0 Å². The largest absolute Gasteiger partial charge is 0.454 e. The van der Waals surface area contributed by atoms with E-state index in [2.05, 4.69) is 10.6 Å². The van der Waals surface area contributed by atoms with E-state index in [0.717, 1.165) is 5.56 Å². The number of hydrogen-bond donors (Lipinski definition) is 2. The summed E-state index contributed by atoms with van der Waals surface area (Å²) in [6, 6.07) is 9.33. The quantitative estimate of drug-likeness (QED) is 0.585. The molecule has 1 aromatic carbocycles. The average Bonchev–Trinajstić information content (AvgIpc) is 3.15. The van der Waals surface area contributed by atoms with Crippen LogP contribution in [0.1, 0.15) is 32.8 Å². The average molecular weight is 432 g/mol. The first-order valence-electron chi connectivity index (χ1n) is 9.30. The van der Waals surface area contributed by atoms with Gasteiger partial charge in [-0.3, -0.25) is 19.7 Å². The predicted molar refractivity (Wildman–Crippen MR) is 114 cm³/mol. The molecule has 0 bridgehead atoms. The molecule has 0 aliphatic rings. The van der Waals surface area contributed by atoms with Crippen LogP contribution < -0.4 is 10.6 Å². The Labute approximate surface area is 179 Å². The highest BCUT2D eigenvalue weighted by Gasteiger charge is 2.24. The van der Waals surface area contributed by atoms with Crippen LogP contribution in [0, 0.1) is 6.92 Å². The first kappa shape index (κ1) is 23.2. The van der Waals surface area contributed by atoms with E-state index in [9.17, 15) is 19.2 Å². The van der Waals surface area contributed by atoms with Gasteiger partial charge < -0.3 is 14.6 Å². The Bertz CT molecular complexity index is 925. The third-order valence-electron chi connectivity index (χ3n) is 4.26. The monoisotopic (exact) mass is 431 g/mol. The number of imide groups is 1. The molecular weight excluding hydrogens is 406 g/mol. The summed E-state index contributed by atoms with van der Waals surface area (Å²) in [5.74, 6) is -1.85. The smallest absolute Gasteiger partial charge is 0.329 e. The van der Waals surface area contributed by atoms with E-state index in [1.807, 2.05) is 19.2 Å². The van der Waals surface area contributed by atoms with Crippen molar-refractivity contribution in [2.24, 2.45) is 7.05 Å². The van der Waals surface area contributed by atoms with Crippen LogP contribution in [0.5, 0.6) is 0 Å². The zero-order valence-corrected chi connectivity index (χ0v) is 18.0. The standard InChI is InChI=1S/C21H25N3O5S/c1-14-6-4-7-15(12-14)19(26)22-16(9-11-30-3)21(28)29-13-18(25)23-20(27)17-8-5-10-24(17)2/h4-8,10,12,16H,9,11,13H2,1-3H3,(H,22,26)(H,23,25,27)/t16-/m1/s1. The molecule has 1 atom stereocenters. The molecule has 0 aliphatic carbocycles. The number of benzene rings is 1. The van der Waals surface area contributed by atoms with Crippen LogP contribution in [0.2, 0.25) is 0 Å². The topological polar surface area (TPSA) is 106 Å². The fourth-order valence-electron chi connectivity index (χ4n) is 2.67. The number of aryl methyl sites for hydroxylation is 2. The first-order chi connectivity index (χ1) is 14.3. The van der Waals surface area contributed by atoms with Gasteiger partial charge >= 0.3 is 5.97 Å². The number of nitrogens with one attached hydrogen (secondary N) is 2. The Morgan fingerprint density at radius 2 is 1.90 bits per heavy atom. The number of hydrogen-bond acceptors (Lipinski definition) is 6. The Morgan fingerprint density at radius 1 is 1.13 bits per heavy atom. The number of rotatable bonds is 9. The van der Waals surface area contributed by atoms with Gasteiger partial charge in [-0.05, 0) is 49.6 Å². The lowest BCUT2D eigenvalue weighted by molar-refractivity contribution is -0.150. The van der Waals surface area contributed by atoms with Gasteiger partial charge in [0.2, 0.25) is 0 Å². The molecule has 0 saturated carbocycles. The maximum absolute atomic E-state index is 12.5.